The lowest BCUT2D eigenvalue weighted by Gasteiger charge is -2.32. The second-order valence-electron chi connectivity index (χ2n) is 5.32. The number of likely N-dealkylation sites (tertiary alicyclic amines) is 1. The van der Waals surface area contributed by atoms with Crippen LogP contribution in [0.5, 0.6) is 5.75 Å². The number of carbonyl (C=O) groups excluding carboxylic acids is 1. The highest BCUT2D eigenvalue weighted by Crippen LogP contribution is 2.17. The summed E-state index contributed by atoms with van der Waals surface area (Å²) in [6, 6.07) is 8.02. The average molecular weight is 276 g/mol. The van der Waals surface area contributed by atoms with E-state index in [0.717, 1.165) is 18.0 Å². The van der Waals surface area contributed by atoms with Gasteiger partial charge in [-0.25, -0.2) is 0 Å². The first-order chi connectivity index (χ1) is 9.69. The number of anilines is 1. The Bertz CT molecular complexity index is 431. The molecule has 1 amide bonds. The summed E-state index contributed by atoms with van der Waals surface area (Å²) in [5.41, 5.74) is 0.822. The molecule has 0 saturated carbocycles. The maximum Gasteiger partial charge on any atom is 0.238 e. The van der Waals surface area contributed by atoms with Crippen LogP contribution in [0.15, 0.2) is 24.3 Å². The van der Waals surface area contributed by atoms with Gasteiger partial charge < -0.3 is 10.1 Å². The first-order valence-electron chi connectivity index (χ1n) is 7.46. The molecule has 20 heavy (non-hydrogen) atoms. The second kappa shape index (κ2) is 7.29. The van der Waals surface area contributed by atoms with E-state index in [1.807, 2.05) is 31.2 Å². The fraction of sp³-hybridized carbons (Fsp3) is 0.562. The zero-order valence-corrected chi connectivity index (χ0v) is 12.4. The molecule has 1 aromatic rings. The van der Waals surface area contributed by atoms with Crippen molar-refractivity contribution in [1.82, 2.24) is 4.90 Å². The van der Waals surface area contributed by atoms with Crippen molar-refractivity contribution in [1.29, 1.82) is 0 Å². The van der Waals surface area contributed by atoms with Gasteiger partial charge in [0.25, 0.3) is 0 Å². The van der Waals surface area contributed by atoms with E-state index < -0.39 is 0 Å². The van der Waals surface area contributed by atoms with Crippen molar-refractivity contribution in [2.24, 2.45) is 0 Å². The minimum absolute atomic E-state index is 0.0582. The van der Waals surface area contributed by atoms with Gasteiger partial charge in [0.05, 0.1) is 13.2 Å². The van der Waals surface area contributed by atoms with E-state index in [2.05, 4.69) is 17.1 Å². The van der Waals surface area contributed by atoms with Gasteiger partial charge in [0.2, 0.25) is 5.91 Å². The molecule has 110 valence electrons. The van der Waals surface area contributed by atoms with Crippen LogP contribution in [0.4, 0.5) is 5.69 Å². The number of piperidine rings is 1. The van der Waals surface area contributed by atoms with Gasteiger partial charge in [-0.05, 0) is 57.5 Å². The topological polar surface area (TPSA) is 41.6 Å². The predicted octanol–water partition coefficient (Wildman–Crippen LogP) is 2.90. The number of amides is 1. The summed E-state index contributed by atoms with van der Waals surface area (Å²) in [6.07, 6.45) is 3.66. The van der Waals surface area contributed by atoms with Crippen LogP contribution in [0.2, 0.25) is 0 Å². The Balaban J connectivity index is 1.84. The van der Waals surface area contributed by atoms with E-state index in [4.69, 9.17) is 4.74 Å². The van der Waals surface area contributed by atoms with Crippen molar-refractivity contribution in [2.75, 3.05) is 25.0 Å². The molecule has 1 saturated heterocycles. The summed E-state index contributed by atoms with van der Waals surface area (Å²) >= 11 is 0. The van der Waals surface area contributed by atoms with Crippen LogP contribution in [-0.2, 0) is 4.79 Å². The predicted molar refractivity (Wildman–Crippen MR) is 81.1 cm³/mol. The lowest BCUT2D eigenvalue weighted by molar-refractivity contribution is -0.118. The van der Waals surface area contributed by atoms with Crippen molar-refractivity contribution in [3.05, 3.63) is 24.3 Å². The molecule has 2 rings (SSSR count). The van der Waals surface area contributed by atoms with Crippen LogP contribution in [0, 0.1) is 0 Å². The second-order valence-corrected chi connectivity index (χ2v) is 5.32. The minimum atomic E-state index is 0.0582. The molecule has 0 radical (unpaired) electrons. The van der Waals surface area contributed by atoms with Gasteiger partial charge in [-0.15, -0.1) is 0 Å². The Hall–Kier alpha value is -1.55. The van der Waals surface area contributed by atoms with Crippen molar-refractivity contribution in [3.63, 3.8) is 0 Å². The highest BCUT2D eigenvalue weighted by Gasteiger charge is 2.20. The summed E-state index contributed by atoms with van der Waals surface area (Å²) in [7, 11) is 0. The molecule has 0 aromatic heterocycles. The van der Waals surface area contributed by atoms with E-state index in [0.29, 0.717) is 19.2 Å². The van der Waals surface area contributed by atoms with Gasteiger partial charge in [-0.3, -0.25) is 9.69 Å². The van der Waals surface area contributed by atoms with Crippen LogP contribution in [0.25, 0.3) is 0 Å². The fourth-order valence-corrected chi connectivity index (χ4v) is 2.58. The number of benzene rings is 1. The zero-order valence-electron chi connectivity index (χ0n) is 12.4. The molecular formula is C16H24N2O2. The number of nitrogens with one attached hydrogen (secondary N) is 1. The van der Waals surface area contributed by atoms with Gasteiger partial charge >= 0.3 is 0 Å². The van der Waals surface area contributed by atoms with Crippen molar-refractivity contribution in [2.45, 2.75) is 39.2 Å². The molecule has 0 aliphatic carbocycles. The van der Waals surface area contributed by atoms with Crippen LogP contribution in [0.1, 0.15) is 33.1 Å². The lowest BCUT2D eigenvalue weighted by atomic mass is 10.0. The quantitative estimate of drug-likeness (QED) is 0.899. The molecule has 1 aliphatic rings. The van der Waals surface area contributed by atoms with E-state index in [1.54, 1.807) is 0 Å². The van der Waals surface area contributed by atoms with E-state index in [-0.39, 0.29) is 5.91 Å². The molecule has 1 aromatic carbocycles. The number of rotatable bonds is 5. The fourth-order valence-electron chi connectivity index (χ4n) is 2.58. The monoisotopic (exact) mass is 276 g/mol. The molecule has 4 nitrogen and oxygen atoms in total. The Labute approximate surface area is 121 Å². The van der Waals surface area contributed by atoms with E-state index in [1.165, 1.54) is 19.3 Å². The maximum atomic E-state index is 12.1. The third kappa shape index (κ3) is 4.23. The normalized spacial score (nSPS) is 19.6. The average Bonchev–Trinajstić information content (AvgIpc) is 2.44. The molecule has 0 unspecified atom stereocenters. The molecule has 1 aliphatic heterocycles. The highest BCUT2D eigenvalue weighted by molar-refractivity contribution is 5.92. The number of carbonyl (C=O) groups is 1. The van der Waals surface area contributed by atoms with Crippen LogP contribution >= 0.6 is 0 Å². The third-order valence-electron chi connectivity index (χ3n) is 3.74. The van der Waals surface area contributed by atoms with Crippen LogP contribution in [0.3, 0.4) is 0 Å². The summed E-state index contributed by atoms with van der Waals surface area (Å²) in [5, 5.41) is 2.94. The lowest BCUT2D eigenvalue weighted by Crippen LogP contribution is -2.42. The number of hydrogen-bond donors (Lipinski definition) is 1. The smallest absolute Gasteiger partial charge is 0.238 e. The zero-order chi connectivity index (χ0) is 14.4. The van der Waals surface area contributed by atoms with Gasteiger partial charge in [0.1, 0.15) is 5.75 Å². The van der Waals surface area contributed by atoms with Crippen molar-refractivity contribution < 1.29 is 9.53 Å². The highest BCUT2D eigenvalue weighted by atomic mass is 16.5. The Morgan fingerprint density at radius 2 is 2.10 bits per heavy atom. The van der Waals surface area contributed by atoms with E-state index >= 15 is 0 Å². The summed E-state index contributed by atoms with van der Waals surface area (Å²) in [4.78, 5) is 14.3. The summed E-state index contributed by atoms with van der Waals surface area (Å²) < 4.78 is 5.38. The van der Waals surface area contributed by atoms with Gasteiger partial charge in [-0.2, -0.15) is 0 Å². The molecule has 0 spiro atoms. The molecule has 0 bridgehead atoms. The molecule has 1 heterocycles. The summed E-state index contributed by atoms with van der Waals surface area (Å²) in [5.74, 6) is 0.887. The van der Waals surface area contributed by atoms with Gasteiger partial charge in [0.15, 0.2) is 0 Å². The molecule has 4 heteroatoms. The Kier molecular flexibility index (Phi) is 5.41. The number of ether oxygens (including phenoxy) is 1. The maximum absolute atomic E-state index is 12.1. The molecule has 1 fully saturated rings. The van der Waals surface area contributed by atoms with E-state index in [9.17, 15) is 4.79 Å². The standard InChI is InChI=1S/C16H24N2O2/c1-3-20-15-9-7-14(8-10-15)17-16(19)12-18-11-5-4-6-13(18)2/h7-10,13H,3-6,11-12H2,1-2H3,(H,17,19)/t13-/m1/s1. The Morgan fingerprint density at radius 1 is 1.35 bits per heavy atom. The first-order valence-corrected chi connectivity index (χ1v) is 7.46. The van der Waals surface area contributed by atoms with Crippen LogP contribution in [-0.4, -0.2) is 36.5 Å². The first kappa shape index (κ1) is 14.9. The Morgan fingerprint density at radius 3 is 2.75 bits per heavy atom. The van der Waals surface area contributed by atoms with Crippen LogP contribution < -0.4 is 10.1 Å². The largest absolute Gasteiger partial charge is 0.494 e. The third-order valence-corrected chi connectivity index (χ3v) is 3.74. The van der Waals surface area contributed by atoms with Gasteiger partial charge in [0, 0.05) is 11.7 Å². The minimum Gasteiger partial charge on any atom is -0.494 e. The number of nitrogens with zero attached hydrogens (tertiary/aromatic N) is 1. The summed E-state index contributed by atoms with van der Waals surface area (Å²) in [6.45, 7) is 6.31. The van der Waals surface area contributed by atoms with Crippen molar-refractivity contribution in [3.8, 4) is 5.75 Å². The molecule has 1 atom stereocenters. The van der Waals surface area contributed by atoms with Gasteiger partial charge in [-0.1, -0.05) is 6.42 Å². The SMILES string of the molecule is CCOc1ccc(NC(=O)CN2CCCC[C@H]2C)cc1. The molecule has 1 N–H and O–H groups in total. The number of hydrogen-bond acceptors (Lipinski definition) is 3. The van der Waals surface area contributed by atoms with Crippen molar-refractivity contribution >= 4 is 11.6 Å². The molecular weight excluding hydrogens is 252 g/mol.